The van der Waals surface area contributed by atoms with Gasteiger partial charge in [0.2, 0.25) is 5.91 Å². The number of carbonyl (C=O) groups is 1. The molecule has 0 aromatic carbocycles. The average Bonchev–Trinajstić information content (AvgIpc) is 3.44. The summed E-state index contributed by atoms with van der Waals surface area (Å²) in [4.78, 5) is 17.4. The second-order valence-corrected chi connectivity index (χ2v) is 8.55. The number of aromatic nitrogens is 4. The fourth-order valence-electron chi connectivity index (χ4n) is 2.90. The van der Waals surface area contributed by atoms with Crippen molar-refractivity contribution >= 4 is 46.4 Å². The van der Waals surface area contributed by atoms with E-state index in [-0.39, 0.29) is 17.8 Å². The van der Waals surface area contributed by atoms with Crippen LogP contribution in [0.2, 0.25) is 5.02 Å². The van der Waals surface area contributed by atoms with Gasteiger partial charge in [0.05, 0.1) is 28.3 Å². The van der Waals surface area contributed by atoms with Gasteiger partial charge in [-0.2, -0.15) is 0 Å². The van der Waals surface area contributed by atoms with Crippen LogP contribution in [0.1, 0.15) is 12.8 Å². The Balaban J connectivity index is 1.45. The first-order valence-corrected chi connectivity index (χ1v) is 11.1. The minimum absolute atomic E-state index is 0.154. The van der Waals surface area contributed by atoms with E-state index in [1.165, 1.54) is 18.0 Å². The highest BCUT2D eigenvalue weighted by atomic mass is 35.5. The molecule has 10 heteroatoms. The maximum Gasteiger partial charge on any atom is 0.236 e. The smallest absolute Gasteiger partial charge is 0.236 e. The van der Waals surface area contributed by atoms with Crippen molar-refractivity contribution in [2.24, 2.45) is 0 Å². The van der Waals surface area contributed by atoms with E-state index in [2.05, 4.69) is 25.1 Å². The second-order valence-electron chi connectivity index (χ2n) is 6.23. The highest BCUT2D eigenvalue weighted by Crippen LogP contribution is 2.29. The van der Waals surface area contributed by atoms with Gasteiger partial charge in [0.1, 0.15) is 5.82 Å². The number of ether oxygens (including phenoxy) is 1. The van der Waals surface area contributed by atoms with Crippen molar-refractivity contribution in [3.05, 3.63) is 40.9 Å². The van der Waals surface area contributed by atoms with E-state index in [1.54, 1.807) is 23.5 Å². The third-order valence-electron chi connectivity index (χ3n) is 4.20. The van der Waals surface area contributed by atoms with Gasteiger partial charge in [0.25, 0.3) is 0 Å². The molecule has 146 valence electrons. The Morgan fingerprint density at radius 3 is 3.04 bits per heavy atom. The summed E-state index contributed by atoms with van der Waals surface area (Å²) in [7, 11) is 0. The highest BCUT2D eigenvalue weighted by Gasteiger charge is 2.22. The van der Waals surface area contributed by atoms with E-state index in [4.69, 9.17) is 16.3 Å². The molecule has 1 aliphatic rings. The summed E-state index contributed by atoms with van der Waals surface area (Å²) < 4.78 is 7.84. The highest BCUT2D eigenvalue weighted by molar-refractivity contribution is 7.99. The van der Waals surface area contributed by atoms with Crippen molar-refractivity contribution in [2.75, 3.05) is 17.7 Å². The van der Waals surface area contributed by atoms with Gasteiger partial charge in [-0.1, -0.05) is 29.4 Å². The first-order valence-electron chi connectivity index (χ1n) is 8.82. The Labute approximate surface area is 175 Å². The number of amides is 1. The molecule has 3 aromatic heterocycles. The summed E-state index contributed by atoms with van der Waals surface area (Å²) in [5.41, 5.74) is 0. The van der Waals surface area contributed by atoms with Crippen molar-refractivity contribution in [1.29, 1.82) is 0 Å². The number of hydrogen-bond acceptors (Lipinski definition) is 7. The number of thiophene rings is 1. The van der Waals surface area contributed by atoms with Crippen LogP contribution in [0.15, 0.2) is 41.0 Å². The van der Waals surface area contributed by atoms with Gasteiger partial charge in [0.15, 0.2) is 11.0 Å². The molecule has 1 atom stereocenters. The molecule has 0 spiro atoms. The number of thioether (sulfide) groups is 1. The number of rotatable bonds is 7. The third-order valence-corrected chi connectivity index (χ3v) is 6.25. The van der Waals surface area contributed by atoms with Crippen molar-refractivity contribution in [2.45, 2.75) is 30.6 Å². The van der Waals surface area contributed by atoms with E-state index in [1.807, 2.05) is 17.5 Å². The van der Waals surface area contributed by atoms with Crippen LogP contribution in [0.3, 0.4) is 0 Å². The lowest BCUT2D eigenvalue weighted by Crippen LogP contribution is -2.18. The van der Waals surface area contributed by atoms with Crippen LogP contribution in [0, 0.1) is 0 Å². The van der Waals surface area contributed by atoms with E-state index < -0.39 is 0 Å². The fourth-order valence-corrected chi connectivity index (χ4v) is 4.48. The summed E-state index contributed by atoms with van der Waals surface area (Å²) >= 11 is 8.78. The van der Waals surface area contributed by atoms with E-state index in [0.717, 1.165) is 30.2 Å². The molecular formula is C18H18ClN5O2S2. The summed E-state index contributed by atoms with van der Waals surface area (Å²) in [6, 6.07) is 7.36. The summed E-state index contributed by atoms with van der Waals surface area (Å²) in [5.74, 6) is 1.32. The van der Waals surface area contributed by atoms with Gasteiger partial charge < -0.3 is 10.1 Å². The van der Waals surface area contributed by atoms with Crippen molar-refractivity contribution < 1.29 is 9.53 Å². The zero-order valence-corrected chi connectivity index (χ0v) is 17.3. The Morgan fingerprint density at radius 1 is 1.39 bits per heavy atom. The molecule has 7 nitrogen and oxygen atoms in total. The molecule has 4 rings (SSSR count). The molecule has 1 N–H and O–H groups in total. The quantitative estimate of drug-likeness (QED) is 0.565. The van der Waals surface area contributed by atoms with Crippen molar-refractivity contribution in [1.82, 2.24) is 19.7 Å². The number of halogens is 1. The topological polar surface area (TPSA) is 81.9 Å². The number of carbonyl (C=O) groups excluding carboxylic acids is 1. The summed E-state index contributed by atoms with van der Waals surface area (Å²) in [6.07, 6.45) is 3.74. The van der Waals surface area contributed by atoms with Crippen LogP contribution >= 0.6 is 34.7 Å². The maximum absolute atomic E-state index is 12.3. The molecular weight excluding hydrogens is 418 g/mol. The molecule has 0 saturated carbocycles. The Hall–Kier alpha value is -1.94. The van der Waals surface area contributed by atoms with Crippen LogP contribution in [0.4, 0.5) is 5.82 Å². The molecule has 1 unspecified atom stereocenters. The van der Waals surface area contributed by atoms with Gasteiger partial charge in [-0.15, -0.1) is 21.5 Å². The van der Waals surface area contributed by atoms with Crippen LogP contribution in [0.5, 0.6) is 0 Å². The number of hydrogen-bond donors (Lipinski definition) is 1. The molecule has 4 heterocycles. The number of nitrogens with one attached hydrogen (secondary N) is 1. The molecule has 3 aromatic rings. The lowest BCUT2D eigenvalue weighted by atomic mass is 10.2. The van der Waals surface area contributed by atoms with E-state index >= 15 is 0 Å². The molecule has 0 radical (unpaired) electrons. The van der Waals surface area contributed by atoms with Crippen molar-refractivity contribution in [3.8, 4) is 10.7 Å². The van der Waals surface area contributed by atoms with Gasteiger partial charge in [-0.25, -0.2) is 4.98 Å². The molecule has 28 heavy (non-hydrogen) atoms. The lowest BCUT2D eigenvalue weighted by Gasteiger charge is -2.14. The monoisotopic (exact) mass is 435 g/mol. The first kappa shape index (κ1) is 19.4. The molecule has 1 aliphatic heterocycles. The summed E-state index contributed by atoms with van der Waals surface area (Å²) in [6.45, 7) is 1.48. The Bertz CT molecular complexity index is 924. The van der Waals surface area contributed by atoms with Gasteiger partial charge in [0, 0.05) is 12.8 Å². The largest absolute Gasteiger partial charge is 0.376 e. The van der Waals surface area contributed by atoms with Gasteiger partial charge >= 0.3 is 0 Å². The van der Waals surface area contributed by atoms with E-state index in [0.29, 0.717) is 22.5 Å². The maximum atomic E-state index is 12.3. The molecule has 0 aliphatic carbocycles. The number of anilines is 1. The van der Waals surface area contributed by atoms with Crippen LogP contribution in [0.25, 0.3) is 10.7 Å². The average molecular weight is 436 g/mol. The molecule has 1 amide bonds. The van der Waals surface area contributed by atoms with Crippen LogP contribution < -0.4 is 5.32 Å². The van der Waals surface area contributed by atoms with E-state index in [9.17, 15) is 4.79 Å². The zero-order valence-electron chi connectivity index (χ0n) is 14.9. The predicted molar refractivity (Wildman–Crippen MR) is 111 cm³/mol. The number of nitrogens with zero attached hydrogens (tertiary/aromatic N) is 4. The zero-order chi connectivity index (χ0) is 19.3. The minimum Gasteiger partial charge on any atom is -0.376 e. The van der Waals surface area contributed by atoms with Crippen LogP contribution in [-0.4, -0.2) is 44.1 Å². The Morgan fingerprint density at radius 2 is 2.32 bits per heavy atom. The van der Waals surface area contributed by atoms with Gasteiger partial charge in [-0.3, -0.25) is 9.36 Å². The SMILES string of the molecule is O=C(CSc1nnc(-c2cccs2)n1CC1CCCO1)Nc1ccc(Cl)cn1. The minimum atomic E-state index is -0.163. The standard InChI is InChI=1S/C18H18ClN5O2S2/c19-12-5-6-15(20-9-12)21-16(25)11-28-18-23-22-17(14-4-2-8-27-14)24(18)10-13-3-1-7-26-13/h2,4-6,8-9,13H,1,3,7,10-11H2,(H,20,21,25). The Kier molecular flexibility index (Phi) is 6.26. The normalized spacial score (nSPS) is 16.4. The van der Waals surface area contributed by atoms with Crippen molar-refractivity contribution in [3.63, 3.8) is 0 Å². The third kappa shape index (κ3) is 4.72. The second kappa shape index (κ2) is 9.04. The van der Waals surface area contributed by atoms with Crippen LogP contribution in [-0.2, 0) is 16.1 Å². The predicted octanol–water partition coefficient (Wildman–Crippen LogP) is 3.96. The first-order chi connectivity index (χ1) is 13.7. The lowest BCUT2D eigenvalue weighted by molar-refractivity contribution is -0.113. The fraction of sp³-hybridized carbons (Fsp3) is 0.333. The molecule has 0 bridgehead atoms. The van der Waals surface area contributed by atoms with Gasteiger partial charge in [-0.05, 0) is 36.4 Å². The molecule has 1 saturated heterocycles. The summed E-state index contributed by atoms with van der Waals surface area (Å²) in [5, 5.41) is 14.7. The molecule has 1 fully saturated rings. The number of pyridine rings is 1.